The summed E-state index contributed by atoms with van der Waals surface area (Å²) >= 11 is 0. The summed E-state index contributed by atoms with van der Waals surface area (Å²) in [6, 6.07) is 0. The third-order valence-corrected chi connectivity index (χ3v) is 3.09. The molecule has 0 N–H and O–H groups in total. The minimum absolute atomic E-state index is 0.157. The standard InChI is InChI=1S/C15H20O7/c1-5-6-7-18-12-11(10-8-19-15(3,4)22-10)21-14(17)13(12)20-9(2)16/h5-6,10-11H,7-8H2,1-4H3/b6-5+/t10-,11+/m0/s1. The average molecular weight is 312 g/mol. The molecule has 7 heteroatoms. The van der Waals surface area contributed by atoms with Crippen molar-refractivity contribution in [3.05, 3.63) is 23.7 Å². The Balaban J connectivity index is 2.22. The predicted molar refractivity (Wildman–Crippen MR) is 74.3 cm³/mol. The topological polar surface area (TPSA) is 80.3 Å². The lowest BCUT2D eigenvalue weighted by atomic mass is 10.2. The Bertz CT molecular complexity index is 518. The second-order valence-electron chi connectivity index (χ2n) is 5.36. The van der Waals surface area contributed by atoms with Crippen LogP contribution in [0.3, 0.4) is 0 Å². The van der Waals surface area contributed by atoms with Crippen LogP contribution < -0.4 is 0 Å². The van der Waals surface area contributed by atoms with Gasteiger partial charge in [0.25, 0.3) is 5.76 Å². The molecule has 0 aromatic heterocycles. The van der Waals surface area contributed by atoms with Crippen LogP contribution in [0.15, 0.2) is 23.7 Å². The fourth-order valence-corrected chi connectivity index (χ4v) is 2.18. The first kappa shape index (κ1) is 16.5. The van der Waals surface area contributed by atoms with E-state index in [9.17, 15) is 9.59 Å². The number of carbonyl (C=O) groups is 2. The smallest absolute Gasteiger partial charge is 0.378 e. The summed E-state index contributed by atoms with van der Waals surface area (Å²) < 4.78 is 26.9. The number of carbonyl (C=O) groups excluding carboxylic acids is 2. The van der Waals surface area contributed by atoms with E-state index >= 15 is 0 Å². The molecule has 0 bridgehead atoms. The molecule has 2 heterocycles. The number of allylic oxidation sites excluding steroid dienone is 1. The van der Waals surface area contributed by atoms with Gasteiger partial charge in [0.15, 0.2) is 17.7 Å². The van der Waals surface area contributed by atoms with Gasteiger partial charge >= 0.3 is 11.9 Å². The Morgan fingerprint density at radius 1 is 1.45 bits per heavy atom. The van der Waals surface area contributed by atoms with Crippen molar-refractivity contribution in [1.82, 2.24) is 0 Å². The van der Waals surface area contributed by atoms with Crippen molar-refractivity contribution in [2.45, 2.75) is 45.7 Å². The van der Waals surface area contributed by atoms with E-state index in [1.807, 2.05) is 6.92 Å². The molecule has 7 nitrogen and oxygen atoms in total. The Kier molecular flexibility index (Phi) is 4.87. The van der Waals surface area contributed by atoms with E-state index in [0.29, 0.717) is 0 Å². The summed E-state index contributed by atoms with van der Waals surface area (Å²) in [5.41, 5.74) is 0. The van der Waals surface area contributed by atoms with Crippen LogP contribution in [0.4, 0.5) is 0 Å². The maximum absolute atomic E-state index is 11.9. The van der Waals surface area contributed by atoms with Gasteiger partial charge in [-0.05, 0) is 20.8 Å². The summed E-state index contributed by atoms with van der Waals surface area (Å²) in [4.78, 5) is 23.1. The molecule has 2 atom stereocenters. The first-order chi connectivity index (χ1) is 10.3. The van der Waals surface area contributed by atoms with Gasteiger partial charge in [0.1, 0.15) is 12.7 Å². The normalized spacial score (nSPS) is 27.4. The van der Waals surface area contributed by atoms with Gasteiger partial charge < -0.3 is 23.7 Å². The zero-order valence-corrected chi connectivity index (χ0v) is 13.1. The fraction of sp³-hybridized carbons (Fsp3) is 0.600. The molecule has 1 fully saturated rings. The van der Waals surface area contributed by atoms with Gasteiger partial charge in [0.2, 0.25) is 0 Å². The third-order valence-electron chi connectivity index (χ3n) is 3.09. The molecule has 0 aliphatic carbocycles. The molecule has 2 rings (SSSR count). The number of rotatable bonds is 5. The van der Waals surface area contributed by atoms with E-state index in [-0.39, 0.29) is 24.7 Å². The van der Waals surface area contributed by atoms with E-state index in [2.05, 4.69) is 0 Å². The van der Waals surface area contributed by atoms with Crippen LogP contribution in [-0.2, 0) is 33.3 Å². The zero-order chi connectivity index (χ0) is 16.3. The van der Waals surface area contributed by atoms with E-state index in [1.54, 1.807) is 26.0 Å². The van der Waals surface area contributed by atoms with Gasteiger partial charge in [-0.2, -0.15) is 0 Å². The van der Waals surface area contributed by atoms with Crippen LogP contribution in [0.2, 0.25) is 0 Å². The lowest BCUT2D eigenvalue weighted by Gasteiger charge is -2.21. The zero-order valence-electron chi connectivity index (χ0n) is 13.1. The van der Waals surface area contributed by atoms with Crippen molar-refractivity contribution >= 4 is 11.9 Å². The van der Waals surface area contributed by atoms with Crippen molar-refractivity contribution in [2.24, 2.45) is 0 Å². The quantitative estimate of drug-likeness (QED) is 0.561. The minimum atomic E-state index is -0.797. The molecule has 1 saturated heterocycles. The molecule has 0 unspecified atom stereocenters. The highest BCUT2D eigenvalue weighted by Crippen LogP contribution is 2.34. The van der Waals surface area contributed by atoms with Crippen molar-refractivity contribution in [3.8, 4) is 0 Å². The maximum atomic E-state index is 11.9. The van der Waals surface area contributed by atoms with E-state index in [0.717, 1.165) is 0 Å². The van der Waals surface area contributed by atoms with Crippen LogP contribution in [-0.4, -0.2) is 43.1 Å². The van der Waals surface area contributed by atoms with Crippen LogP contribution in [0.25, 0.3) is 0 Å². The van der Waals surface area contributed by atoms with Crippen LogP contribution >= 0.6 is 0 Å². The molecule has 0 spiro atoms. The predicted octanol–water partition coefficient (Wildman–Crippen LogP) is 1.43. The van der Waals surface area contributed by atoms with E-state index < -0.39 is 29.9 Å². The SMILES string of the molecule is C/C=C/COC1=C(OC(C)=O)C(=O)O[C@@H]1[C@@H]1COC(C)(C)O1. The van der Waals surface area contributed by atoms with Crippen LogP contribution in [0, 0.1) is 0 Å². The summed E-state index contributed by atoms with van der Waals surface area (Å²) in [7, 11) is 0. The minimum Gasteiger partial charge on any atom is -0.486 e. The maximum Gasteiger partial charge on any atom is 0.378 e. The van der Waals surface area contributed by atoms with E-state index in [1.165, 1.54) is 6.92 Å². The lowest BCUT2D eigenvalue weighted by Crippen LogP contribution is -2.33. The molecule has 0 aromatic carbocycles. The molecule has 0 saturated carbocycles. The molecule has 0 aromatic rings. The Morgan fingerprint density at radius 3 is 2.73 bits per heavy atom. The largest absolute Gasteiger partial charge is 0.486 e. The average Bonchev–Trinajstić information content (AvgIpc) is 2.92. The Hall–Kier alpha value is -1.86. The van der Waals surface area contributed by atoms with Gasteiger partial charge in [0.05, 0.1) is 6.61 Å². The summed E-state index contributed by atoms with van der Waals surface area (Å²) in [6.45, 7) is 7.04. The second-order valence-corrected chi connectivity index (χ2v) is 5.36. The van der Waals surface area contributed by atoms with Crippen LogP contribution in [0.1, 0.15) is 27.7 Å². The molecule has 2 aliphatic heterocycles. The van der Waals surface area contributed by atoms with Crippen molar-refractivity contribution < 1.29 is 33.3 Å². The highest BCUT2D eigenvalue weighted by molar-refractivity contribution is 5.92. The van der Waals surface area contributed by atoms with Crippen LogP contribution in [0.5, 0.6) is 0 Å². The summed E-state index contributed by atoms with van der Waals surface area (Å²) in [6.07, 6.45) is 2.24. The molecule has 122 valence electrons. The van der Waals surface area contributed by atoms with E-state index in [4.69, 9.17) is 23.7 Å². The molecule has 22 heavy (non-hydrogen) atoms. The summed E-state index contributed by atoms with van der Waals surface area (Å²) in [5.74, 6) is -2.21. The number of esters is 2. The van der Waals surface area contributed by atoms with Gasteiger partial charge in [-0.3, -0.25) is 4.79 Å². The number of hydrogen-bond acceptors (Lipinski definition) is 7. The molecule has 0 amide bonds. The van der Waals surface area contributed by atoms with Crippen molar-refractivity contribution in [1.29, 1.82) is 0 Å². The highest BCUT2D eigenvalue weighted by Gasteiger charge is 2.48. The molecular weight excluding hydrogens is 292 g/mol. The fourth-order valence-electron chi connectivity index (χ4n) is 2.18. The number of hydrogen-bond donors (Lipinski definition) is 0. The molecule has 2 aliphatic rings. The van der Waals surface area contributed by atoms with Crippen molar-refractivity contribution in [3.63, 3.8) is 0 Å². The van der Waals surface area contributed by atoms with Gasteiger partial charge in [-0.1, -0.05) is 12.2 Å². The lowest BCUT2D eigenvalue weighted by molar-refractivity contribution is -0.164. The van der Waals surface area contributed by atoms with Gasteiger partial charge in [-0.25, -0.2) is 4.79 Å². The van der Waals surface area contributed by atoms with Gasteiger partial charge in [0, 0.05) is 6.92 Å². The number of ether oxygens (including phenoxy) is 5. The molecular formula is C15H20O7. The highest BCUT2D eigenvalue weighted by atomic mass is 16.8. The first-order valence-electron chi connectivity index (χ1n) is 7.03. The van der Waals surface area contributed by atoms with Gasteiger partial charge in [-0.15, -0.1) is 0 Å². The monoisotopic (exact) mass is 312 g/mol. The third kappa shape index (κ3) is 3.66. The number of cyclic esters (lactones) is 1. The second kappa shape index (κ2) is 6.50. The Labute approximate surface area is 128 Å². The first-order valence-corrected chi connectivity index (χ1v) is 7.03. The molecule has 0 radical (unpaired) electrons. The Morgan fingerprint density at radius 2 is 2.18 bits per heavy atom. The van der Waals surface area contributed by atoms with Crippen molar-refractivity contribution in [2.75, 3.05) is 13.2 Å². The summed E-state index contributed by atoms with van der Waals surface area (Å²) in [5, 5.41) is 0.